The van der Waals surface area contributed by atoms with Crippen molar-refractivity contribution in [3.63, 3.8) is 0 Å². The molecule has 2 aliphatic heterocycles. The Morgan fingerprint density at radius 3 is 2.77 bits per heavy atom. The fourth-order valence-corrected chi connectivity index (χ4v) is 3.47. The fraction of sp³-hybridized carbons (Fsp3) is 0.750. The maximum Gasteiger partial charge on any atom is 0.223 e. The Labute approximate surface area is 131 Å². The van der Waals surface area contributed by atoms with Crippen LogP contribution in [0.3, 0.4) is 0 Å². The van der Waals surface area contributed by atoms with Gasteiger partial charge in [0.25, 0.3) is 0 Å². The first kappa shape index (κ1) is 15.5. The number of carbonyl (C=O) groups excluding carboxylic acids is 1. The maximum absolute atomic E-state index is 12.2. The molecule has 2 aliphatic rings. The van der Waals surface area contributed by atoms with E-state index in [0.29, 0.717) is 12.6 Å². The fourth-order valence-electron chi connectivity index (χ4n) is 3.47. The van der Waals surface area contributed by atoms with Crippen molar-refractivity contribution in [1.29, 1.82) is 0 Å². The number of nitrogens with one attached hydrogen (secondary N) is 2. The molecule has 6 nitrogen and oxygen atoms in total. The number of aromatic amines is 1. The molecule has 0 saturated carbocycles. The molecule has 3 heterocycles. The molecule has 6 heteroatoms. The van der Waals surface area contributed by atoms with Crippen molar-refractivity contribution in [2.75, 3.05) is 32.8 Å². The van der Waals surface area contributed by atoms with Crippen LogP contribution in [0.25, 0.3) is 0 Å². The normalized spacial score (nSPS) is 21.8. The van der Waals surface area contributed by atoms with Gasteiger partial charge in [0.1, 0.15) is 0 Å². The number of nitrogens with zero attached hydrogens (tertiary/aromatic N) is 2. The molecule has 22 heavy (non-hydrogen) atoms. The molecule has 1 amide bonds. The highest BCUT2D eigenvalue weighted by atomic mass is 16.5. The van der Waals surface area contributed by atoms with Crippen LogP contribution in [0, 0.1) is 5.92 Å². The lowest BCUT2D eigenvalue weighted by atomic mass is 9.93. The summed E-state index contributed by atoms with van der Waals surface area (Å²) in [5.74, 6) is 0.393. The van der Waals surface area contributed by atoms with Gasteiger partial charge in [-0.15, -0.1) is 0 Å². The molecule has 0 aliphatic carbocycles. The second kappa shape index (κ2) is 7.74. The van der Waals surface area contributed by atoms with Crippen LogP contribution in [-0.2, 0) is 16.0 Å². The molecule has 2 saturated heterocycles. The Hall–Kier alpha value is -1.40. The van der Waals surface area contributed by atoms with E-state index < -0.39 is 0 Å². The van der Waals surface area contributed by atoms with E-state index in [9.17, 15) is 4.79 Å². The van der Waals surface area contributed by atoms with E-state index in [-0.39, 0.29) is 11.8 Å². The molecule has 2 fully saturated rings. The topological polar surface area (TPSA) is 70.2 Å². The molecule has 2 N–H and O–H groups in total. The molecule has 3 rings (SSSR count). The van der Waals surface area contributed by atoms with E-state index in [2.05, 4.69) is 20.4 Å². The zero-order chi connectivity index (χ0) is 15.2. The first-order valence-corrected chi connectivity index (χ1v) is 8.40. The predicted molar refractivity (Wildman–Crippen MR) is 83.4 cm³/mol. The first-order valence-electron chi connectivity index (χ1n) is 8.40. The van der Waals surface area contributed by atoms with E-state index in [0.717, 1.165) is 64.1 Å². The van der Waals surface area contributed by atoms with E-state index in [4.69, 9.17) is 4.74 Å². The number of rotatable bonds is 5. The summed E-state index contributed by atoms with van der Waals surface area (Å²) >= 11 is 0. The summed E-state index contributed by atoms with van der Waals surface area (Å²) in [6, 6.07) is 2.61. The van der Waals surface area contributed by atoms with Crippen LogP contribution in [0.1, 0.15) is 31.4 Å². The first-order chi connectivity index (χ1) is 10.8. The van der Waals surface area contributed by atoms with Crippen LogP contribution >= 0.6 is 0 Å². The summed E-state index contributed by atoms with van der Waals surface area (Å²) in [6.45, 7) is 4.55. The summed E-state index contributed by atoms with van der Waals surface area (Å²) in [4.78, 5) is 14.8. The minimum atomic E-state index is 0.179. The second-order valence-corrected chi connectivity index (χ2v) is 6.28. The molecule has 0 radical (unpaired) electrons. The lowest BCUT2D eigenvalue weighted by Crippen LogP contribution is -2.46. The highest BCUT2D eigenvalue weighted by Crippen LogP contribution is 2.23. The molecule has 1 aromatic rings. The van der Waals surface area contributed by atoms with Gasteiger partial charge >= 0.3 is 0 Å². The Morgan fingerprint density at radius 1 is 1.32 bits per heavy atom. The molecular weight excluding hydrogens is 280 g/mol. The van der Waals surface area contributed by atoms with Gasteiger partial charge in [0.2, 0.25) is 5.91 Å². The molecule has 122 valence electrons. The van der Waals surface area contributed by atoms with Crippen LogP contribution in [0.15, 0.2) is 12.3 Å². The highest BCUT2D eigenvalue weighted by molar-refractivity contribution is 5.78. The number of hydrogen-bond donors (Lipinski definition) is 2. The third-order valence-electron chi connectivity index (χ3n) is 4.86. The van der Waals surface area contributed by atoms with Crippen LogP contribution in [0.2, 0.25) is 0 Å². The van der Waals surface area contributed by atoms with E-state index in [1.54, 1.807) is 6.20 Å². The predicted octanol–water partition coefficient (Wildman–Crippen LogP) is 0.959. The molecule has 1 aromatic heterocycles. The van der Waals surface area contributed by atoms with Gasteiger partial charge in [-0.3, -0.25) is 9.89 Å². The van der Waals surface area contributed by atoms with Gasteiger partial charge in [0, 0.05) is 50.0 Å². The summed E-state index contributed by atoms with van der Waals surface area (Å²) < 4.78 is 5.43. The minimum Gasteiger partial charge on any atom is -0.381 e. The third kappa shape index (κ3) is 4.08. The van der Waals surface area contributed by atoms with Crippen molar-refractivity contribution < 1.29 is 9.53 Å². The smallest absolute Gasteiger partial charge is 0.223 e. The number of piperidine rings is 1. The van der Waals surface area contributed by atoms with E-state index in [1.165, 1.54) is 0 Å². The lowest BCUT2D eigenvalue weighted by Gasteiger charge is -2.38. The zero-order valence-electron chi connectivity index (χ0n) is 13.1. The van der Waals surface area contributed by atoms with Gasteiger partial charge in [-0.2, -0.15) is 5.10 Å². The molecule has 0 unspecified atom stereocenters. The number of amides is 1. The van der Waals surface area contributed by atoms with Gasteiger partial charge < -0.3 is 15.0 Å². The number of ether oxygens (including phenoxy) is 1. The summed E-state index contributed by atoms with van der Waals surface area (Å²) in [6.07, 6.45) is 6.79. The van der Waals surface area contributed by atoms with Crippen LogP contribution in [0.5, 0.6) is 0 Å². The van der Waals surface area contributed by atoms with E-state index in [1.807, 2.05) is 6.07 Å². The number of carbonyl (C=O) groups is 1. The van der Waals surface area contributed by atoms with Crippen LogP contribution in [-0.4, -0.2) is 59.9 Å². The molecular formula is C16H26N4O2. The lowest BCUT2D eigenvalue weighted by molar-refractivity contribution is -0.126. The Kier molecular flexibility index (Phi) is 5.45. The number of likely N-dealkylation sites (tertiary alicyclic amines) is 1. The van der Waals surface area contributed by atoms with Gasteiger partial charge in [-0.1, -0.05) is 0 Å². The van der Waals surface area contributed by atoms with Crippen molar-refractivity contribution in [3.05, 3.63) is 18.0 Å². The van der Waals surface area contributed by atoms with Gasteiger partial charge in [-0.25, -0.2) is 0 Å². The number of hydrogen-bond acceptors (Lipinski definition) is 4. The molecule has 0 bridgehead atoms. The van der Waals surface area contributed by atoms with Crippen molar-refractivity contribution in [2.24, 2.45) is 5.92 Å². The van der Waals surface area contributed by atoms with Crippen molar-refractivity contribution in [2.45, 2.75) is 38.1 Å². The minimum absolute atomic E-state index is 0.179. The van der Waals surface area contributed by atoms with Gasteiger partial charge in [0.05, 0.1) is 0 Å². The van der Waals surface area contributed by atoms with Gasteiger partial charge in [-0.05, 0) is 44.8 Å². The molecule has 0 aromatic carbocycles. The largest absolute Gasteiger partial charge is 0.381 e. The molecule has 0 atom stereocenters. The summed E-state index contributed by atoms with van der Waals surface area (Å²) in [5.41, 5.74) is 1.06. The van der Waals surface area contributed by atoms with E-state index >= 15 is 0 Å². The average molecular weight is 306 g/mol. The highest BCUT2D eigenvalue weighted by Gasteiger charge is 2.29. The monoisotopic (exact) mass is 306 g/mol. The maximum atomic E-state index is 12.2. The SMILES string of the molecule is O=C(NCCc1ccn[nH]1)C1CCN(C2CCOCC2)CC1. The van der Waals surface area contributed by atoms with Crippen LogP contribution < -0.4 is 5.32 Å². The van der Waals surface area contributed by atoms with Crippen molar-refractivity contribution in [3.8, 4) is 0 Å². The van der Waals surface area contributed by atoms with Gasteiger partial charge in [0.15, 0.2) is 0 Å². The Morgan fingerprint density at radius 2 is 2.09 bits per heavy atom. The number of H-pyrrole nitrogens is 1. The van der Waals surface area contributed by atoms with Crippen molar-refractivity contribution >= 4 is 5.91 Å². The summed E-state index contributed by atoms with van der Waals surface area (Å²) in [5, 5.41) is 9.88. The standard InChI is InChI=1S/C16H26N4O2/c21-16(17-7-1-14-2-8-18-19-14)13-3-9-20(10-4-13)15-5-11-22-12-6-15/h2,8,13,15H,1,3-7,9-12H2,(H,17,21)(H,18,19). The Bertz CT molecular complexity index is 449. The average Bonchev–Trinajstić information content (AvgIpc) is 3.09. The van der Waals surface area contributed by atoms with Crippen molar-refractivity contribution in [1.82, 2.24) is 20.4 Å². The summed E-state index contributed by atoms with van der Waals surface area (Å²) in [7, 11) is 0. The quantitative estimate of drug-likeness (QED) is 0.850. The third-order valence-corrected chi connectivity index (χ3v) is 4.86. The number of aromatic nitrogens is 2. The Balaban J connectivity index is 1.36. The zero-order valence-corrected chi connectivity index (χ0v) is 13.1. The van der Waals surface area contributed by atoms with Crippen LogP contribution in [0.4, 0.5) is 0 Å². The molecule has 0 spiro atoms. The second-order valence-electron chi connectivity index (χ2n) is 6.28.